The van der Waals surface area contributed by atoms with Crippen molar-refractivity contribution in [3.63, 3.8) is 0 Å². The topological polar surface area (TPSA) is 204 Å². The van der Waals surface area contributed by atoms with Crippen molar-refractivity contribution < 1.29 is 33.9 Å². The molecule has 0 radical (unpaired) electrons. The van der Waals surface area contributed by atoms with Gasteiger partial charge in [-0.15, -0.1) is 16.4 Å². The first-order valence-electron chi connectivity index (χ1n) is 11.6. The molecule has 4 N–H and O–H groups in total. The van der Waals surface area contributed by atoms with Crippen LogP contribution in [0.2, 0.25) is 0 Å². The predicted molar refractivity (Wildman–Crippen MR) is 146 cm³/mol. The van der Waals surface area contributed by atoms with Gasteiger partial charge in [0, 0.05) is 28.2 Å². The highest BCUT2D eigenvalue weighted by atomic mass is 32.2. The number of oxime groups is 1. The smallest absolute Gasteiger partial charge is 0.377 e. The third-order valence-electron chi connectivity index (χ3n) is 5.61. The number of aryl methyl sites for hydroxylation is 1. The molecule has 2 aromatic heterocycles. The van der Waals surface area contributed by atoms with E-state index >= 15 is 0 Å². The molecule has 18 heteroatoms. The number of carboxylic acid groups (broad SMARTS) is 1. The molecular formula is C22H24N8O7S3. The van der Waals surface area contributed by atoms with E-state index in [2.05, 4.69) is 32.1 Å². The van der Waals surface area contributed by atoms with Crippen molar-refractivity contribution in [2.75, 3.05) is 25.7 Å². The lowest BCUT2D eigenvalue weighted by molar-refractivity contribution is -0.150. The van der Waals surface area contributed by atoms with Crippen molar-refractivity contribution in [3.05, 3.63) is 39.7 Å². The number of β-lactam (4-membered cyclic amide) rings is 1. The van der Waals surface area contributed by atoms with E-state index < -0.39 is 35.2 Å². The molecular weight excluding hydrogens is 584 g/mol. The summed E-state index contributed by atoms with van der Waals surface area (Å²) >= 11 is 3.40. The number of thioether (sulfide) groups is 2. The monoisotopic (exact) mass is 608 g/mol. The van der Waals surface area contributed by atoms with Gasteiger partial charge in [-0.1, -0.05) is 42.2 Å². The van der Waals surface area contributed by atoms with Crippen LogP contribution in [0.5, 0.6) is 0 Å². The number of methoxy groups -OCH3 is 1. The summed E-state index contributed by atoms with van der Waals surface area (Å²) in [7, 11) is 2.48. The zero-order chi connectivity index (χ0) is 29.1. The number of carbonyl (C=O) groups is 4. The first-order valence-corrected chi connectivity index (χ1v) is 14.3. The van der Waals surface area contributed by atoms with Gasteiger partial charge in [-0.05, 0) is 6.42 Å². The van der Waals surface area contributed by atoms with Gasteiger partial charge in [-0.25, -0.2) is 19.3 Å². The van der Waals surface area contributed by atoms with E-state index in [1.54, 1.807) is 0 Å². The van der Waals surface area contributed by atoms with E-state index in [0.717, 1.165) is 39.8 Å². The number of hydrogen-bond donors (Lipinski definition) is 3. The lowest BCUT2D eigenvalue weighted by Gasteiger charge is -2.49. The van der Waals surface area contributed by atoms with Crippen LogP contribution in [0.15, 0.2) is 38.4 Å². The number of nitrogens with zero attached hydrogens (tertiary/aromatic N) is 6. The molecule has 1 fully saturated rings. The normalized spacial score (nSPS) is 18.8. The number of esters is 1. The van der Waals surface area contributed by atoms with Crippen LogP contribution < -0.4 is 11.1 Å². The van der Waals surface area contributed by atoms with Crippen molar-refractivity contribution in [1.29, 1.82) is 0 Å². The van der Waals surface area contributed by atoms with Crippen molar-refractivity contribution in [2.45, 2.75) is 36.5 Å². The molecule has 2 atom stereocenters. The second-order valence-corrected chi connectivity index (χ2v) is 11.2. The summed E-state index contributed by atoms with van der Waals surface area (Å²) < 4.78 is 6.23. The Morgan fingerprint density at radius 3 is 2.67 bits per heavy atom. The maximum absolute atomic E-state index is 13.1. The maximum atomic E-state index is 13.1. The zero-order valence-corrected chi connectivity index (χ0v) is 23.9. The van der Waals surface area contributed by atoms with Gasteiger partial charge in [0.05, 0.1) is 7.11 Å². The molecule has 0 spiro atoms. The lowest BCUT2D eigenvalue weighted by atomic mass is 10.0. The number of allylic oxidation sites excluding steroid dienone is 1. The average Bonchev–Trinajstić information content (AvgIpc) is 3.54. The fourth-order valence-corrected chi connectivity index (χ4v) is 6.73. The maximum Gasteiger partial charge on any atom is 0.377 e. The van der Waals surface area contributed by atoms with Gasteiger partial charge < -0.3 is 25.7 Å². The van der Waals surface area contributed by atoms with Crippen LogP contribution >= 0.6 is 34.9 Å². The molecule has 1 saturated heterocycles. The van der Waals surface area contributed by atoms with Crippen molar-refractivity contribution in [3.8, 4) is 0 Å². The Kier molecular flexibility index (Phi) is 8.79. The quantitative estimate of drug-likeness (QED) is 0.107. The first kappa shape index (κ1) is 29.1. The Morgan fingerprint density at radius 1 is 1.32 bits per heavy atom. The minimum absolute atomic E-state index is 0.0832. The molecule has 0 bridgehead atoms. The van der Waals surface area contributed by atoms with Crippen LogP contribution in [0.4, 0.5) is 5.13 Å². The van der Waals surface area contributed by atoms with E-state index in [1.165, 1.54) is 24.3 Å². The summed E-state index contributed by atoms with van der Waals surface area (Å²) in [6, 6.07) is -1.05. The molecule has 2 aliphatic heterocycles. The number of carboxylic acids is 1. The number of anilines is 1. The second-order valence-electron chi connectivity index (χ2n) is 8.14. The Labute approximate surface area is 239 Å². The van der Waals surface area contributed by atoms with E-state index in [0.29, 0.717) is 28.6 Å². The second kappa shape index (κ2) is 12.1. The number of rotatable bonds is 11. The number of aromatic nitrogens is 4. The van der Waals surface area contributed by atoms with Crippen LogP contribution in [-0.2, 0) is 30.5 Å². The van der Waals surface area contributed by atoms with Crippen LogP contribution in [0.1, 0.15) is 29.7 Å². The first-order chi connectivity index (χ1) is 19.1. The van der Waals surface area contributed by atoms with E-state index in [9.17, 15) is 24.3 Å². The summed E-state index contributed by atoms with van der Waals surface area (Å²) in [5, 5.41) is 21.9. The van der Waals surface area contributed by atoms with Gasteiger partial charge in [-0.2, -0.15) is 4.98 Å². The van der Waals surface area contributed by atoms with E-state index in [-0.39, 0.29) is 33.8 Å². The van der Waals surface area contributed by atoms with Crippen molar-refractivity contribution >= 4 is 69.5 Å². The molecule has 40 heavy (non-hydrogen) atoms. The summed E-state index contributed by atoms with van der Waals surface area (Å²) in [4.78, 5) is 64.8. The van der Waals surface area contributed by atoms with Crippen LogP contribution in [0.3, 0.4) is 0 Å². The van der Waals surface area contributed by atoms with Crippen LogP contribution in [0, 0.1) is 0 Å². The van der Waals surface area contributed by atoms with Gasteiger partial charge in [0.1, 0.15) is 29.9 Å². The van der Waals surface area contributed by atoms with Gasteiger partial charge in [-0.3, -0.25) is 14.5 Å². The number of nitrogen functional groups attached to an aromatic ring is 1. The van der Waals surface area contributed by atoms with Gasteiger partial charge in [0.25, 0.3) is 17.6 Å². The summed E-state index contributed by atoms with van der Waals surface area (Å²) in [6.45, 7) is 6.42. The highest BCUT2D eigenvalue weighted by Gasteiger charge is 2.55. The number of ether oxygens (including phenoxy) is 1. The SMILES string of the molecule is C=C1S[C@@H]2[C@H](NC(=O)C(=NOC)c3csc(N)n3)C(=O)N2C(C(=O)O)=C1CSc1nc(C(=O)OC)nn1CCC. The molecule has 4 heterocycles. The lowest BCUT2D eigenvalue weighted by Crippen LogP contribution is -2.70. The van der Waals surface area contributed by atoms with Crippen LogP contribution in [0.25, 0.3) is 0 Å². The number of hydrogen-bond acceptors (Lipinski definition) is 14. The third-order valence-corrected chi connectivity index (χ3v) is 8.53. The van der Waals surface area contributed by atoms with Gasteiger partial charge >= 0.3 is 11.9 Å². The molecule has 2 amide bonds. The van der Waals surface area contributed by atoms with Crippen LogP contribution in [-0.4, -0.2) is 90.6 Å². The predicted octanol–water partition coefficient (Wildman–Crippen LogP) is 0.909. The Hall–Kier alpha value is -3.90. The molecule has 0 saturated carbocycles. The highest BCUT2D eigenvalue weighted by molar-refractivity contribution is 8.04. The highest BCUT2D eigenvalue weighted by Crippen LogP contribution is 2.47. The third kappa shape index (κ3) is 5.54. The molecule has 0 aromatic carbocycles. The molecule has 2 aliphatic rings. The minimum Gasteiger partial charge on any atom is -0.477 e. The number of aliphatic carboxylic acids is 1. The molecule has 0 aliphatic carbocycles. The number of amides is 2. The number of nitrogens with two attached hydrogens (primary N) is 1. The summed E-state index contributed by atoms with van der Waals surface area (Å²) in [5.41, 5.74) is 5.70. The Bertz CT molecular complexity index is 1450. The summed E-state index contributed by atoms with van der Waals surface area (Å²) in [5.74, 6) is -3.41. The zero-order valence-electron chi connectivity index (χ0n) is 21.4. The van der Waals surface area contributed by atoms with Crippen molar-refractivity contribution in [1.82, 2.24) is 30.0 Å². The number of carbonyl (C=O) groups excluding carboxylic acids is 3. The molecule has 15 nitrogen and oxygen atoms in total. The largest absolute Gasteiger partial charge is 0.477 e. The molecule has 2 aromatic rings. The molecule has 4 rings (SSSR count). The molecule has 0 unspecified atom stereocenters. The van der Waals surface area contributed by atoms with E-state index in [1.807, 2.05) is 6.92 Å². The van der Waals surface area contributed by atoms with Gasteiger partial charge in [0.2, 0.25) is 0 Å². The number of nitrogens with one attached hydrogen (secondary N) is 1. The fraction of sp³-hybridized carbons (Fsp3) is 0.364. The van der Waals surface area contributed by atoms with E-state index in [4.69, 9.17) is 15.3 Å². The number of fused-ring (bicyclic) bond motifs is 1. The van der Waals surface area contributed by atoms with Gasteiger partial charge in [0.15, 0.2) is 16.0 Å². The average molecular weight is 609 g/mol. The van der Waals surface area contributed by atoms with Crippen molar-refractivity contribution in [2.24, 2.45) is 5.16 Å². The Morgan fingerprint density at radius 2 is 2.08 bits per heavy atom. The minimum atomic E-state index is -1.33. The molecule has 212 valence electrons. The number of thiazole rings is 1. The fourth-order valence-electron chi connectivity index (χ4n) is 3.84. The Balaban J connectivity index is 1.55. The summed E-state index contributed by atoms with van der Waals surface area (Å²) in [6.07, 6.45) is 0.715. The standard InChI is InChI=1S/C22H24N8O7S3/c1-5-6-29-22(26-15(27-29)20(35)36-3)39-7-10-9(2)40-18-13(17(32)30(18)14(10)19(33)34)25-16(31)12(28-37-4)11-8-38-21(23)24-11/h8,13,18H,2,5-7H2,1,3-4H3,(H2,23,24)(H,25,31)(H,33,34)/t13-,18-/m1/s1.